The fraction of sp³-hybridized carbons (Fsp3) is 0.0800. The molecule has 0 aliphatic carbocycles. The van der Waals surface area contributed by atoms with Gasteiger partial charge in [-0.25, -0.2) is 9.18 Å². The van der Waals surface area contributed by atoms with Crippen molar-refractivity contribution in [3.05, 3.63) is 102 Å². The largest absolute Gasteiger partial charge is 0.448 e. The number of pyridine rings is 1. The van der Waals surface area contributed by atoms with Crippen LogP contribution in [-0.2, 0) is 6.18 Å². The van der Waals surface area contributed by atoms with Gasteiger partial charge in [0.15, 0.2) is 0 Å². The van der Waals surface area contributed by atoms with E-state index in [2.05, 4.69) is 10.3 Å². The van der Waals surface area contributed by atoms with Gasteiger partial charge in [-0.2, -0.15) is 13.2 Å². The number of amides is 2. The minimum atomic E-state index is -4.75. The van der Waals surface area contributed by atoms with Crippen molar-refractivity contribution in [3.63, 3.8) is 0 Å². The standard InChI is InChI=1S/C25H18F4N6O2/c26-19-8-3-15(25(27,28)29)12-20(19)34(24(31)36)16-4-6-17(7-5-16)35-21(30)18-9-11-37-23(18)33-22(35)14-2-1-10-32-13-14/h1-13,22,30,33H,(H2,31,36). The number of nitrogens with two attached hydrogens (primary N) is 1. The van der Waals surface area contributed by atoms with E-state index in [1.165, 1.54) is 18.4 Å². The van der Waals surface area contributed by atoms with Crippen LogP contribution < -0.4 is 20.9 Å². The highest BCUT2D eigenvalue weighted by atomic mass is 19.4. The molecule has 1 aliphatic heterocycles. The molecule has 4 aromatic rings. The Bertz CT molecular complexity index is 1470. The fourth-order valence-electron chi connectivity index (χ4n) is 4.11. The maximum atomic E-state index is 14.5. The number of carbonyl (C=O) groups is 1. The molecule has 0 saturated carbocycles. The molecule has 2 aromatic carbocycles. The molecule has 1 aliphatic rings. The molecule has 188 valence electrons. The lowest BCUT2D eigenvalue weighted by Gasteiger charge is -2.38. The minimum absolute atomic E-state index is 0.0351. The second-order valence-electron chi connectivity index (χ2n) is 8.07. The number of aromatic nitrogens is 1. The number of hydrogen-bond acceptors (Lipinski definition) is 5. The second-order valence-corrected chi connectivity index (χ2v) is 8.07. The van der Waals surface area contributed by atoms with E-state index in [0.717, 1.165) is 5.56 Å². The number of primary amides is 1. The summed E-state index contributed by atoms with van der Waals surface area (Å²) in [6.45, 7) is 0. The summed E-state index contributed by atoms with van der Waals surface area (Å²) < 4.78 is 59.7. The average molecular weight is 510 g/mol. The van der Waals surface area contributed by atoms with Gasteiger partial charge in [-0.1, -0.05) is 6.07 Å². The number of halogens is 4. The first-order valence-corrected chi connectivity index (χ1v) is 10.8. The van der Waals surface area contributed by atoms with Crippen molar-refractivity contribution in [3.8, 4) is 0 Å². The Morgan fingerprint density at radius 2 is 1.89 bits per heavy atom. The molecule has 1 atom stereocenters. The topological polar surface area (TPSA) is 111 Å². The van der Waals surface area contributed by atoms with Gasteiger partial charge in [0.1, 0.15) is 17.8 Å². The Labute approximate surface area is 207 Å². The van der Waals surface area contributed by atoms with Gasteiger partial charge in [-0.3, -0.25) is 15.3 Å². The molecule has 0 saturated heterocycles. The van der Waals surface area contributed by atoms with Crippen LogP contribution >= 0.6 is 0 Å². The zero-order valence-electron chi connectivity index (χ0n) is 18.8. The maximum Gasteiger partial charge on any atom is 0.416 e. The van der Waals surface area contributed by atoms with Crippen molar-refractivity contribution in [2.75, 3.05) is 15.1 Å². The predicted molar refractivity (Wildman–Crippen MR) is 128 cm³/mol. The Kier molecular flexibility index (Phi) is 5.78. The van der Waals surface area contributed by atoms with E-state index >= 15 is 0 Å². The van der Waals surface area contributed by atoms with Crippen LogP contribution in [0.25, 0.3) is 0 Å². The molecule has 12 heteroatoms. The number of nitrogens with zero attached hydrogens (tertiary/aromatic N) is 3. The van der Waals surface area contributed by atoms with E-state index in [9.17, 15) is 22.4 Å². The zero-order valence-corrected chi connectivity index (χ0v) is 18.8. The number of nitrogens with one attached hydrogen (secondary N) is 2. The van der Waals surface area contributed by atoms with Gasteiger partial charge in [-0.15, -0.1) is 0 Å². The van der Waals surface area contributed by atoms with Crippen LogP contribution in [0.5, 0.6) is 0 Å². The Morgan fingerprint density at radius 3 is 2.54 bits per heavy atom. The van der Waals surface area contributed by atoms with Crippen molar-refractivity contribution >= 4 is 34.8 Å². The molecule has 2 aromatic heterocycles. The van der Waals surface area contributed by atoms with Gasteiger partial charge in [0.05, 0.1) is 28.8 Å². The predicted octanol–water partition coefficient (Wildman–Crippen LogP) is 6.01. The number of urea groups is 1. The van der Waals surface area contributed by atoms with E-state index in [4.69, 9.17) is 15.6 Å². The molecule has 0 bridgehead atoms. The number of benzene rings is 2. The first kappa shape index (κ1) is 23.9. The molecule has 1 unspecified atom stereocenters. The van der Waals surface area contributed by atoms with Crippen LogP contribution in [0.2, 0.25) is 0 Å². The summed E-state index contributed by atoms with van der Waals surface area (Å²) in [5.74, 6) is -0.534. The summed E-state index contributed by atoms with van der Waals surface area (Å²) in [6.07, 6.45) is -0.636. The quantitative estimate of drug-likeness (QED) is 0.292. The monoisotopic (exact) mass is 510 g/mol. The van der Waals surface area contributed by atoms with Crippen molar-refractivity contribution < 1.29 is 26.8 Å². The molecular formula is C25H18F4N6O2. The number of hydrogen-bond donors (Lipinski definition) is 3. The highest BCUT2D eigenvalue weighted by molar-refractivity contribution is 6.13. The number of carbonyl (C=O) groups excluding carboxylic acids is 1. The van der Waals surface area contributed by atoms with Crippen LogP contribution in [0.15, 0.2) is 83.7 Å². The number of alkyl halides is 3. The fourth-order valence-corrected chi connectivity index (χ4v) is 4.11. The molecule has 4 N–H and O–H groups in total. The summed E-state index contributed by atoms with van der Waals surface area (Å²) in [5, 5.41) is 12.0. The smallest absolute Gasteiger partial charge is 0.416 e. The zero-order chi connectivity index (χ0) is 26.3. The summed E-state index contributed by atoms with van der Waals surface area (Å²) in [6, 6.07) is 11.7. The number of anilines is 4. The van der Waals surface area contributed by atoms with Gasteiger partial charge >= 0.3 is 12.2 Å². The first-order valence-electron chi connectivity index (χ1n) is 10.8. The molecule has 2 amide bonds. The Hall–Kier alpha value is -4.87. The van der Waals surface area contributed by atoms with Crippen LogP contribution in [0.4, 0.5) is 45.3 Å². The van der Waals surface area contributed by atoms with E-state index in [1.54, 1.807) is 41.6 Å². The maximum absolute atomic E-state index is 14.5. The van der Waals surface area contributed by atoms with Crippen molar-refractivity contribution in [2.45, 2.75) is 12.3 Å². The molecule has 0 fully saturated rings. The summed E-state index contributed by atoms with van der Waals surface area (Å²) >= 11 is 0. The molecule has 3 heterocycles. The lowest BCUT2D eigenvalue weighted by atomic mass is 10.1. The number of fused-ring (bicyclic) bond motifs is 1. The van der Waals surface area contributed by atoms with Gasteiger partial charge < -0.3 is 20.4 Å². The van der Waals surface area contributed by atoms with Crippen LogP contribution in [-0.4, -0.2) is 16.9 Å². The number of furan rings is 1. The van der Waals surface area contributed by atoms with Crippen LogP contribution in [0, 0.1) is 11.2 Å². The lowest BCUT2D eigenvalue weighted by molar-refractivity contribution is -0.137. The van der Waals surface area contributed by atoms with Crippen molar-refractivity contribution in [1.29, 1.82) is 5.41 Å². The van der Waals surface area contributed by atoms with E-state index in [0.29, 0.717) is 40.2 Å². The normalized spacial score (nSPS) is 15.2. The third kappa shape index (κ3) is 4.33. The SMILES string of the molecule is N=C1c2ccoc2NC(c2cccnc2)N1c1ccc(N(C(N)=O)c2cc(C(F)(F)F)ccc2F)cc1. The Balaban J connectivity index is 1.55. The number of amidine groups is 1. The third-order valence-corrected chi connectivity index (χ3v) is 5.81. The summed E-state index contributed by atoms with van der Waals surface area (Å²) in [4.78, 5) is 18.7. The highest BCUT2D eigenvalue weighted by Crippen LogP contribution is 2.39. The highest BCUT2D eigenvalue weighted by Gasteiger charge is 2.35. The van der Waals surface area contributed by atoms with E-state index in [-0.39, 0.29) is 11.5 Å². The summed E-state index contributed by atoms with van der Waals surface area (Å²) in [7, 11) is 0. The van der Waals surface area contributed by atoms with Gasteiger partial charge in [0, 0.05) is 23.6 Å². The van der Waals surface area contributed by atoms with Crippen LogP contribution in [0.3, 0.4) is 0 Å². The van der Waals surface area contributed by atoms with Gasteiger partial charge in [-0.05, 0) is 54.6 Å². The van der Waals surface area contributed by atoms with Crippen molar-refractivity contribution in [1.82, 2.24) is 4.98 Å². The van der Waals surface area contributed by atoms with E-state index in [1.807, 2.05) is 6.07 Å². The summed E-state index contributed by atoms with van der Waals surface area (Å²) in [5.41, 5.74) is 5.43. The third-order valence-electron chi connectivity index (χ3n) is 5.81. The molecule has 8 nitrogen and oxygen atoms in total. The van der Waals surface area contributed by atoms with Gasteiger partial charge in [0.25, 0.3) is 0 Å². The molecule has 0 spiro atoms. The lowest BCUT2D eigenvalue weighted by Crippen LogP contribution is -2.42. The minimum Gasteiger partial charge on any atom is -0.448 e. The Morgan fingerprint density at radius 1 is 1.14 bits per heavy atom. The second kappa shape index (κ2) is 8.97. The van der Waals surface area contributed by atoms with E-state index < -0.39 is 35.4 Å². The average Bonchev–Trinajstić information content (AvgIpc) is 3.35. The first-order chi connectivity index (χ1) is 17.6. The van der Waals surface area contributed by atoms with Crippen molar-refractivity contribution in [2.24, 2.45) is 5.73 Å². The van der Waals surface area contributed by atoms with Gasteiger partial charge in [0.2, 0.25) is 5.88 Å². The molecule has 5 rings (SSSR count). The molecular weight excluding hydrogens is 492 g/mol. The number of rotatable bonds is 4. The molecule has 37 heavy (non-hydrogen) atoms. The van der Waals surface area contributed by atoms with Crippen LogP contribution in [0.1, 0.15) is 22.9 Å². The molecule has 0 radical (unpaired) electrons.